The molecular formula is C17H23Cl2N3O2. The number of piperazine rings is 1. The highest BCUT2D eigenvalue weighted by Gasteiger charge is 2.33. The summed E-state index contributed by atoms with van der Waals surface area (Å²) < 4.78 is 0. The average molecular weight is 372 g/mol. The zero-order valence-corrected chi connectivity index (χ0v) is 15.7. The lowest BCUT2D eigenvalue weighted by Crippen LogP contribution is -2.57. The van der Waals surface area contributed by atoms with Gasteiger partial charge in [-0.3, -0.25) is 9.59 Å². The third-order valence-electron chi connectivity index (χ3n) is 4.24. The molecule has 1 aliphatic rings. The number of rotatable bonds is 2. The Morgan fingerprint density at radius 2 is 1.62 bits per heavy atom. The second-order valence-corrected chi connectivity index (χ2v) is 7.93. The topological polar surface area (TPSA) is 66.6 Å². The Morgan fingerprint density at radius 3 is 2.12 bits per heavy atom. The number of hydrogen-bond donors (Lipinski definition) is 1. The number of carbonyl (C=O) groups excluding carboxylic acids is 2. The first-order valence-electron chi connectivity index (χ1n) is 7.90. The summed E-state index contributed by atoms with van der Waals surface area (Å²) in [5, 5.41) is 0.823. The second-order valence-electron chi connectivity index (χ2n) is 7.09. The molecule has 0 aromatic heterocycles. The van der Waals surface area contributed by atoms with Gasteiger partial charge in [-0.2, -0.15) is 0 Å². The van der Waals surface area contributed by atoms with Crippen LogP contribution in [0.4, 0.5) is 0 Å². The summed E-state index contributed by atoms with van der Waals surface area (Å²) >= 11 is 12.0. The highest BCUT2D eigenvalue weighted by Crippen LogP contribution is 2.23. The van der Waals surface area contributed by atoms with Gasteiger partial charge in [0.1, 0.15) is 0 Å². The Kier molecular flexibility index (Phi) is 5.78. The van der Waals surface area contributed by atoms with E-state index in [2.05, 4.69) is 0 Å². The first-order chi connectivity index (χ1) is 11.1. The van der Waals surface area contributed by atoms with Crippen molar-refractivity contribution >= 4 is 35.0 Å². The summed E-state index contributed by atoms with van der Waals surface area (Å²) in [7, 11) is 0. The van der Waals surface area contributed by atoms with Gasteiger partial charge in [0, 0.05) is 31.2 Å². The number of amides is 2. The normalized spacial score (nSPS) is 16.9. The van der Waals surface area contributed by atoms with Crippen LogP contribution in [0.15, 0.2) is 18.2 Å². The molecule has 5 nitrogen and oxygen atoms in total. The predicted molar refractivity (Wildman–Crippen MR) is 96.4 cm³/mol. The molecule has 0 spiro atoms. The molecule has 1 atom stereocenters. The minimum absolute atomic E-state index is 0.0703. The van der Waals surface area contributed by atoms with E-state index in [9.17, 15) is 9.59 Å². The molecule has 7 heteroatoms. The lowest BCUT2D eigenvalue weighted by molar-refractivity contribution is -0.136. The van der Waals surface area contributed by atoms with E-state index >= 15 is 0 Å². The van der Waals surface area contributed by atoms with E-state index in [0.717, 1.165) is 0 Å². The highest BCUT2D eigenvalue weighted by molar-refractivity contribution is 6.36. The third kappa shape index (κ3) is 4.21. The summed E-state index contributed by atoms with van der Waals surface area (Å²) in [6.07, 6.45) is 0. The minimum Gasteiger partial charge on any atom is -0.338 e. The van der Waals surface area contributed by atoms with Crippen molar-refractivity contribution in [1.82, 2.24) is 9.80 Å². The molecule has 0 unspecified atom stereocenters. The van der Waals surface area contributed by atoms with Crippen molar-refractivity contribution in [1.29, 1.82) is 0 Å². The van der Waals surface area contributed by atoms with Gasteiger partial charge in [-0.1, -0.05) is 44.0 Å². The van der Waals surface area contributed by atoms with Gasteiger partial charge in [-0.05, 0) is 23.6 Å². The molecule has 1 aliphatic heterocycles. The van der Waals surface area contributed by atoms with Gasteiger partial charge >= 0.3 is 0 Å². The van der Waals surface area contributed by atoms with Crippen molar-refractivity contribution in [2.45, 2.75) is 26.8 Å². The molecule has 0 bridgehead atoms. The maximum atomic E-state index is 12.6. The molecule has 1 fully saturated rings. The molecular weight excluding hydrogens is 349 g/mol. The van der Waals surface area contributed by atoms with Crippen LogP contribution in [0.2, 0.25) is 10.0 Å². The number of benzene rings is 1. The molecule has 1 aromatic rings. The standard InChI is InChI=1S/C17H23Cl2N3O2/c1-17(2,3)14(20)16(24)22-8-6-21(7-9-22)15(23)12-5-4-11(18)10-13(12)19/h4-5,10,14H,6-9,20H2,1-3H3/t14-/m1/s1. The molecule has 0 radical (unpaired) electrons. The van der Waals surface area contributed by atoms with Crippen molar-refractivity contribution < 1.29 is 9.59 Å². The van der Waals surface area contributed by atoms with Gasteiger partial charge in [0.15, 0.2) is 0 Å². The molecule has 132 valence electrons. The maximum absolute atomic E-state index is 12.6. The van der Waals surface area contributed by atoms with Gasteiger partial charge in [0.05, 0.1) is 16.6 Å². The minimum atomic E-state index is -0.550. The summed E-state index contributed by atoms with van der Waals surface area (Å²) in [5.41, 5.74) is 6.18. The molecule has 1 saturated heterocycles. The molecule has 0 aliphatic carbocycles. The molecule has 1 heterocycles. The van der Waals surface area contributed by atoms with Gasteiger partial charge in [-0.25, -0.2) is 0 Å². The van der Waals surface area contributed by atoms with Gasteiger partial charge < -0.3 is 15.5 Å². The summed E-state index contributed by atoms with van der Waals surface area (Å²) in [6, 6.07) is 4.27. The Labute approximate surface area is 152 Å². The fourth-order valence-corrected chi connectivity index (χ4v) is 3.02. The SMILES string of the molecule is CC(C)(C)[C@H](N)C(=O)N1CCN(C(=O)c2ccc(Cl)cc2Cl)CC1. The number of halogens is 2. The zero-order chi connectivity index (χ0) is 18.1. The van der Waals surface area contributed by atoms with Gasteiger partial charge in [-0.15, -0.1) is 0 Å². The first kappa shape index (κ1) is 19.0. The van der Waals surface area contributed by atoms with Crippen LogP contribution in [-0.4, -0.2) is 53.8 Å². The van der Waals surface area contributed by atoms with Crippen molar-refractivity contribution in [2.75, 3.05) is 26.2 Å². The molecule has 2 N–H and O–H groups in total. The fourth-order valence-electron chi connectivity index (χ4n) is 2.53. The van der Waals surface area contributed by atoms with E-state index < -0.39 is 6.04 Å². The maximum Gasteiger partial charge on any atom is 0.255 e. The van der Waals surface area contributed by atoms with Crippen LogP contribution >= 0.6 is 23.2 Å². The first-order valence-corrected chi connectivity index (χ1v) is 8.65. The monoisotopic (exact) mass is 371 g/mol. The predicted octanol–water partition coefficient (Wildman–Crippen LogP) is 2.65. The van der Waals surface area contributed by atoms with Crippen LogP contribution in [-0.2, 0) is 4.79 Å². The third-order valence-corrected chi connectivity index (χ3v) is 4.79. The average Bonchev–Trinajstić information content (AvgIpc) is 2.52. The van der Waals surface area contributed by atoms with E-state index in [1.54, 1.807) is 28.0 Å². The fraction of sp³-hybridized carbons (Fsp3) is 0.529. The summed E-state index contributed by atoms with van der Waals surface area (Å²) in [5.74, 6) is -0.219. The van der Waals surface area contributed by atoms with E-state index in [4.69, 9.17) is 28.9 Å². The molecule has 1 aromatic carbocycles. The van der Waals surface area contributed by atoms with Gasteiger partial charge in [0.25, 0.3) is 5.91 Å². The van der Waals surface area contributed by atoms with Crippen LogP contribution in [0, 0.1) is 5.41 Å². The van der Waals surface area contributed by atoms with Crippen molar-refractivity contribution in [3.05, 3.63) is 33.8 Å². The van der Waals surface area contributed by atoms with Gasteiger partial charge in [0.2, 0.25) is 5.91 Å². The van der Waals surface area contributed by atoms with Crippen LogP contribution in [0.1, 0.15) is 31.1 Å². The zero-order valence-electron chi connectivity index (χ0n) is 14.2. The van der Waals surface area contributed by atoms with Crippen molar-refractivity contribution in [2.24, 2.45) is 11.1 Å². The van der Waals surface area contributed by atoms with E-state index in [0.29, 0.717) is 41.8 Å². The molecule has 0 saturated carbocycles. The summed E-state index contributed by atoms with van der Waals surface area (Å²) in [4.78, 5) is 28.4. The lowest BCUT2D eigenvalue weighted by atomic mass is 9.86. The number of nitrogens with zero attached hydrogens (tertiary/aromatic N) is 2. The second kappa shape index (κ2) is 7.30. The number of nitrogens with two attached hydrogens (primary N) is 1. The number of hydrogen-bond acceptors (Lipinski definition) is 3. The summed E-state index contributed by atoms with van der Waals surface area (Å²) in [6.45, 7) is 7.69. The molecule has 2 amide bonds. The van der Waals surface area contributed by atoms with Crippen molar-refractivity contribution in [3.8, 4) is 0 Å². The quantitative estimate of drug-likeness (QED) is 0.868. The van der Waals surface area contributed by atoms with E-state index in [1.807, 2.05) is 20.8 Å². The lowest BCUT2D eigenvalue weighted by Gasteiger charge is -2.38. The Balaban J connectivity index is 2.00. The number of carbonyl (C=O) groups is 2. The molecule has 2 rings (SSSR count). The van der Waals surface area contributed by atoms with Crippen LogP contribution < -0.4 is 5.73 Å². The van der Waals surface area contributed by atoms with Crippen LogP contribution in [0.25, 0.3) is 0 Å². The largest absolute Gasteiger partial charge is 0.338 e. The van der Waals surface area contributed by atoms with E-state index in [1.165, 1.54) is 0 Å². The van der Waals surface area contributed by atoms with Crippen molar-refractivity contribution in [3.63, 3.8) is 0 Å². The Hall–Kier alpha value is -1.30. The van der Waals surface area contributed by atoms with Crippen LogP contribution in [0.3, 0.4) is 0 Å². The Bertz CT molecular complexity index is 635. The van der Waals surface area contributed by atoms with E-state index in [-0.39, 0.29) is 17.2 Å². The smallest absolute Gasteiger partial charge is 0.255 e. The van der Waals surface area contributed by atoms with Crippen LogP contribution in [0.5, 0.6) is 0 Å². The highest BCUT2D eigenvalue weighted by atomic mass is 35.5. The Morgan fingerprint density at radius 1 is 1.08 bits per heavy atom. The molecule has 24 heavy (non-hydrogen) atoms.